The van der Waals surface area contributed by atoms with Gasteiger partial charge in [0.2, 0.25) is 8.87 Å². The van der Waals surface area contributed by atoms with E-state index in [1.807, 2.05) is 31.2 Å². The van der Waals surface area contributed by atoms with Crippen molar-refractivity contribution in [2.75, 3.05) is 18.8 Å². The Morgan fingerprint density at radius 1 is 1.10 bits per heavy atom. The highest BCUT2D eigenvalue weighted by Crippen LogP contribution is 2.38. The van der Waals surface area contributed by atoms with Gasteiger partial charge in [0, 0.05) is 21.7 Å². The van der Waals surface area contributed by atoms with Crippen LogP contribution in [0.15, 0.2) is 30.3 Å². The zero-order valence-electron chi connectivity index (χ0n) is 12.3. The van der Waals surface area contributed by atoms with Gasteiger partial charge in [0.15, 0.2) is 0 Å². The van der Waals surface area contributed by atoms with Crippen molar-refractivity contribution >= 4 is 24.6 Å². The van der Waals surface area contributed by atoms with E-state index in [4.69, 9.17) is 0 Å². The molecule has 114 valence electrons. The van der Waals surface area contributed by atoms with Gasteiger partial charge in [-0.1, -0.05) is 42.3 Å². The fraction of sp³-hybridized carbons (Fsp3) is 0.500. The zero-order valence-corrected chi connectivity index (χ0v) is 13.9. The first-order valence-corrected chi connectivity index (χ1v) is 10.5. The minimum atomic E-state index is -3.08. The maximum absolute atomic E-state index is 12.2. The zero-order chi connectivity index (χ0) is 14.9. The summed E-state index contributed by atoms with van der Waals surface area (Å²) in [5, 5.41) is 0. The summed E-state index contributed by atoms with van der Waals surface area (Å²) in [6, 6.07) is 8.14. The molecule has 3 nitrogen and oxygen atoms in total. The van der Waals surface area contributed by atoms with Gasteiger partial charge in [0.05, 0.1) is 5.75 Å². The molecular weight excluding hydrogens is 302 g/mol. The highest BCUT2D eigenvalue weighted by Gasteiger charge is 2.31. The number of nitrogens with zero attached hydrogens (tertiary/aromatic N) is 1. The minimum Gasteiger partial charge on any atom is -0.296 e. The Morgan fingerprint density at radius 2 is 1.76 bits per heavy atom. The maximum atomic E-state index is 12.2. The highest BCUT2D eigenvalue weighted by molar-refractivity contribution is 8.75. The molecule has 2 heterocycles. The number of benzene rings is 1. The van der Waals surface area contributed by atoms with Crippen molar-refractivity contribution in [3.63, 3.8) is 0 Å². The number of hydrogen-bond donors (Lipinski definition) is 0. The molecule has 1 saturated heterocycles. The number of likely N-dealkylation sites (tertiary alicyclic amines) is 1. The molecule has 1 aromatic carbocycles. The molecule has 0 radical (unpaired) electrons. The second kappa shape index (κ2) is 6.15. The predicted molar refractivity (Wildman–Crippen MR) is 89.7 cm³/mol. The molecule has 2 aliphatic rings. The van der Waals surface area contributed by atoms with Crippen LogP contribution in [0.25, 0.3) is 4.91 Å². The lowest BCUT2D eigenvalue weighted by Crippen LogP contribution is -2.42. The molecule has 0 N–H and O–H groups in total. The standard InChI is InChI=1S/C16H21NO2S2/c1-13-5-7-14(8-6-13)16-11-15(12-21(18,19)20-16)17-9-3-2-4-10-17/h5-8,11,15H,2-4,9-10,12H2,1H3. The lowest BCUT2D eigenvalue weighted by atomic mass is 10.1. The average Bonchev–Trinajstić information content (AvgIpc) is 2.47. The Labute approximate surface area is 130 Å². The van der Waals surface area contributed by atoms with Crippen LogP contribution in [0.2, 0.25) is 0 Å². The topological polar surface area (TPSA) is 37.4 Å². The Kier molecular flexibility index (Phi) is 4.43. The number of piperidine rings is 1. The van der Waals surface area contributed by atoms with E-state index in [9.17, 15) is 8.42 Å². The third-order valence-corrected chi connectivity index (χ3v) is 7.39. The molecular formula is C16H21NO2S2. The summed E-state index contributed by atoms with van der Waals surface area (Å²) in [4.78, 5) is 3.21. The van der Waals surface area contributed by atoms with Gasteiger partial charge >= 0.3 is 0 Å². The van der Waals surface area contributed by atoms with Gasteiger partial charge in [-0.05, 0) is 38.4 Å². The third kappa shape index (κ3) is 3.71. The summed E-state index contributed by atoms with van der Waals surface area (Å²) in [7, 11) is -2.06. The smallest absolute Gasteiger partial charge is 0.207 e. The van der Waals surface area contributed by atoms with Crippen LogP contribution in [0.1, 0.15) is 30.4 Å². The molecule has 0 amide bonds. The molecule has 1 fully saturated rings. The molecule has 21 heavy (non-hydrogen) atoms. The predicted octanol–water partition coefficient (Wildman–Crippen LogP) is 3.27. The highest BCUT2D eigenvalue weighted by atomic mass is 33.1. The van der Waals surface area contributed by atoms with Crippen molar-refractivity contribution in [3.05, 3.63) is 41.5 Å². The van der Waals surface area contributed by atoms with Crippen LogP contribution in [0, 0.1) is 6.92 Å². The Morgan fingerprint density at radius 3 is 2.43 bits per heavy atom. The first-order valence-electron chi connectivity index (χ1n) is 7.49. The minimum absolute atomic E-state index is 0.0350. The van der Waals surface area contributed by atoms with Gasteiger partial charge in [-0.15, -0.1) is 0 Å². The largest absolute Gasteiger partial charge is 0.296 e. The second-order valence-electron chi connectivity index (χ2n) is 5.87. The van der Waals surface area contributed by atoms with E-state index < -0.39 is 8.87 Å². The van der Waals surface area contributed by atoms with E-state index in [0.717, 1.165) is 34.4 Å². The summed E-state index contributed by atoms with van der Waals surface area (Å²) in [5.74, 6) is 0.243. The van der Waals surface area contributed by atoms with Crippen LogP contribution < -0.4 is 0 Å². The SMILES string of the molecule is Cc1ccc(C2=CC(N3CCCCC3)CS(=O)(=O)S2)cc1. The lowest BCUT2D eigenvalue weighted by molar-refractivity contribution is 0.203. The third-order valence-electron chi connectivity index (χ3n) is 4.13. The summed E-state index contributed by atoms with van der Waals surface area (Å²) >= 11 is 0. The van der Waals surface area contributed by atoms with Crippen molar-refractivity contribution in [3.8, 4) is 0 Å². The van der Waals surface area contributed by atoms with Crippen LogP contribution in [0.3, 0.4) is 0 Å². The van der Waals surface area contributed by atoms with Crippen LogP contribution >= 0.6 is 10.8 Å². The molecule has 2 aliphatic heterocycles. The fourth-order valence-electron chi connectivity index (χ4n) is 2.95. The number of rotatable bonds is 2. The van der Waals surface area contributed by atoms with E-state index in [2.05, 4.69) is 11.0 Å². The molecule has 0 saturated carbocycles. The Balaban J connectivity index is 1.90. The van der Waals surface area contributed by atoms with Crippen molar-refractivity contribution in [2.24, 2.45) is 0 Å². The fourth-order valence-corrected chi connectivity index (χ4v) is 6.36. The molecule has 0 bridgehead atoms. The Hall–Kier alpha value is -0.780. The van der Waals surface area contributed by atoms with E-state index in [1.54, 1.807) is 0 Å². The molecule has 0 aromatic heterocycles. The van der Waals surface area contributed by atoms with E-state index in [-0.39, 0.29) is 11.8 Å². The molecule has 3 rings (SSSR count). The average molecular weight is 323 g/mol. The summed E-state index contributed by atoms with van der Waals surface area (Å²) in [5.41, 5.74) is 2.20. The first-order chi connectivity index (χ1) is 10.0. The van der Waals surface area contributed by atoms with Crippen molar-refractivity contribution in [1.29, 1.82) is 0 Å². The second-order valence-corrected chi connectivity index (χ2v) is 9.95. The van der Waals surface area contributed by atoms with Crippen LogP contribution in [-0.2, 0) is 8.87 Å². The summed E-state index contributed by atoms with van der Waals surface area (Å²) < 4.78 is 24.5. The van der Waals surface area contributed by atoms with Crippen molar-refractivity contribution in [1.82, 2.24) is 4.90 Å². The van der Waals surface area contributed by atoms with E-state index in [0.29, 0.717) is 0 Å². The van der Waals surface area contributed by atoms with Crippen LogP contribution in [0.4, 0.5) is 0 Å². The lowest BCUT2D eigenvalue weighted by Gasteiger charge is -2.34. The first kappa shape index (κ1) is 15.1. The van der Waals surface area contributed by atoms with Gasteiger partial charge in [-0.2, -0.15) is 0 Å². The van der Waals surface area contributed by atoms with Crippen LogP contribution in [-0.4, -0.2) is 38.2 Å². The quantitative estimate of drug-likeness (QED) is 0.783. The van der Waals surface area contributed by atoms with Gasteiger partial charge in [-0.3, -0.25) is 4.90 Å². The molecule has 5 heteroatoms. The Bertz CT molecular complexity index is 629. The molecule has 1 unspecified atom stereocenters. The maximum Gasteiger partial charge on any atom is 0.207 e. The van der Waals surface area contributed by atoms with E-state index in [1.165, 1.54) is 24.8 Å². The summed E-state index contributed by atoms with van der Waals surface area (Å²) in [6.45, 7) is 4.07. The molecule has 1 aromatic rings. The van der Waals surface area contributed by atoms with Crippen LogP contribution in [0.5, 0.6) is 0 Å². The number of hydrogen-bond acceptors (Lipinski definition) is 4. The molecule has 0 aliphatic carbocycles. The van der Waals surface area contributed by atoms with Gasteiger partial charge in [0.25, 0.3) is 0 Å². The monoisotopic (exact) mass is 323 g/mol. The van der Waals surface area contributed by atoms with Gasteiger partial charge < -0.3 is 0 Å². The summed E-state index contributed by atoms with van der Waals surface area (Å²) in [6.07, 6.45) is 5.77. The number of aryl methyl sites for hydroxylation is 1. The van der Waals surface area contributed by atoms with Crippen molar-refractivity contribution < 1.29 is 8.42 Å². The molecule has 1 atom stereocenters. The molecule has 0 spiro atoms. The van der Waals surface area contributed by atoms with Gasteiger partial charge in [-0.25, -0.2) is 8.42 Å². The normalized spacial score (nSPS) is 26.3. The van der Waals surface area contributed by atoms with Crippen molar-refractivity contribution in [2.45, 2.75) is 32.2 Å². The van der Waals surface area contributed by atoms with Gasteiger partial charge in [0.1, 0.15) is 0 Å². The van der Waals surface area contributed by atoms with E-state index >= 15 is 0 Å².